The zero-order chi connectivity index (χ0) is 7.56. The summed E-state index contributed by atoms with van der Waals surface area (Å²) in [6.07, 6.45) is 0. The van der Waals surface area contributed by atoms with Crippen LogP contribution in [0.15, 0.2) is 15.4 Å². The van der Waals surface area contributed by atoms with Crippen molar-refractivity contribution in [3.63, 3.8) is 0 Å². The molecule has 0 saturated carbocycles. The highest BCUT2D eigenvalue weighted by Gasteiger charge is 1.98. The minimum absolute atomic E-state index is 0.0723. The molecule has 0 atom stereocenters. The van der Waals surface area contributed by atoms with Crippen LogP contribution in [0.5, 0.6) is 0 Å². The summed E-state index contributed by atoms with van der Waals surface area (Å²) in [5.74, 6) is 0.658. The van der Waals surface area contributed by atoms with Gasteiger partial charge in [-0.3, -0.25) is 4.79 Å². The van der Waals surface area contributed by atoms with Crippen molar-refractivity contribution in [3.8, 4) is 0 Å². The Morgan fingerprint density at radius 1 is 1.80 bits per heavy atom. The minimum Gasteiger partial charge on any atom is -0.381 e. The predicted octanol–water partition coefficient (Wildman–Crippen LogP) is 1.14. The number of aryl methyl sites for hydroxylation is 2. The summed E-state index contributed by atoms with van der Waals surface area (Å²) in [6.45, 7) is 2.35. The fourth-order valence-corrected chi connectivity index (χ4v) is 1.05. The van der Waals surface area contributed by atoms with E-state index in [1.807, 2.05) is 0 Å². The van der Waals surface area contributed by atoms with Gasteiger partial charge in [0.25, 0.3) is 5.56 Å². The Morgan fingerprint density at radius 3 is 2.90 bits per heavy atom. The Kier molecular flexibility index (Phi) is 2.32. The molecule has 0 aliphatic carbocycles. The van der Waals surface area contributed by atoms with Gasteiger partial charge in [-0.25, -0.2) is 0 Å². The van der Waals surface area contributed by atoms with E-state index in [9.17, 15) is 4.79 Å². The van der Waals surface area contributed by atoms with E-state index in [2.05, 4.69) is 15.9 Å². The van der Waals surface area contributed by atoms with Gasteiger partial charge in [0, 0.05) is 11.4 Å². The van der Waals surface area contributed by atoms with Gasteiger partial charge in [0.05, 0.1) is 6.54 Å². The van der Waals surface area contributed by atoms with Crippen LogP contribution >= 0.6 is 15.9 Å². The van der Waals surface area contributed by atoms with Crippen molar-refractivity contribution < 1.29 is 4.52 Å². The molecule has 1 aromatic rings. The number of nitrogens with zero attached hydrogens (tertiary/aromatic N) is 1. The molecule has 0 spiro atoms. The summed E-state index contributed by atoms with van der Waals surface area (Å²) in [7, 11) is 0. The number of rotatable bonds is 2. The summed E-state index contributed by atoms with van der Waals surface area (Å²) in [5.41, 5.74) is -0.0723. The third-order valence-corrected chi connectivity index (χ3v) is 1.47. The third-order valence-electron chi connectivity index (χ3n) is 1.11. The number of hydrogen-bond acceptors (Lipinski definition) is 2. The number of hydrogen-bond donors (Lipinski definition) is 0. The summed E-state index contributed by atoms with van der Waals surface area (Å²) >= 11 is 3.21. The molecule has 0 aliphatic heterocycles. The second-order valence-corrected chi connectivity index (χ2v) is 2.77. The van der Waals surface area contributed by atoms with E-state index in [1.165, 1.54) is 10.8 Å². The van der Waals surface area contributed by atoms with Gasteiger partial charge in [-0.15, -0.1) is 0 Å². The van der Waals surface area contributed by atoms with E-state index in [0.29, 0.717) is 12.3 Å². The minimum atomic E-state index is -0.0723. The summed E-state index contributed by atoms with van der Waals surface area (Å²) in [5, 5.41) is 0.736. The topological polar surface area (TPSA) is 35.1 Å². The average molecular weight is 206 g/mol. The maximum Gasteiger partial charge on any atom is 0.282 e. The van der Waals surface area contributed by atoms with Crippen molar-refractivity contribution in [1.82, 2.24) is 4.74 Å². The van der Waals surface area contributed by atoms with Crippen LogP contribution in [0.2, 0.25) is 0 Å². The fraction of sp³-hybridized carbons (Fsp3) is 0.500. The van der Waals surface area contributed by atoms with Crippen LogP contribution in [0.25, 0.3) is 0 Å². The second-order valence-electron chi connectivity index (χ2n) is 1.98. The van der Waals surface area contributed by atoms with Gasteiger partial charge >= 0.3 is 0 Å². The number of alkyl halides is 1. The molecule has 0 aromatic carbocycles. The molecular formula is C6H8BrNO2. The van der Waals surface area contributed by atoms with Gasteiger partial charge in [0.2, 0.25) is 0 Å². The molecule has 4 heteroatoms. The summed E-state index contributed by atoms with van der Waals surface area (Å²) in [4.78, 5) is 10.9. The van der Waals surface area contributed by atoms with E-state index in [-0.39, 0.29) is 5.56 Å². The lowest BCUT2D eigenvalue weighted by atomic mass is 10.5. The maximum atomic E-state index is 10.9. The molecule has 56 valence electrons. The first-order valence-electron chi connectivity index (χ1n) is 2.98. The molecule has 1 rings (SSSR count). The van der Waals surface area contributed by atoms with E-state index in [1.54, 1.807) is 6.92 Å². The molecular weight excluding hydrogens is 198 g/mol. The van der Waals surface area contributed by atoms with Gasteiger partial charge in [-0.05, 0) is 6.92 Å². The lowest BCUT2D eigenvalue weighted by Gasteiger charge is -1.92. The molecule has 0 aliphatic rings. The van der Waals surface area contributed by atoms with Gasteiger partial charge in [0.1, 0.15) is 5.76 Å². The Morgan fingerprint density at radius 2 is 2.50 bits per heavy atom. The van der Waals surface area contributed by atoms with E-state index in [0.717, 1.165) is 5.33 Å². The first-order chi connectivity index (χ1) is 4.74. The Balaban J connectivity index is 2.92. The Bertz CT molecular complexity index is 263. The molecule has 0 radical (unpaired) electrons. The molecule has 0 N–H and O–H groups in total. The van der Waals surface area contributed by atoms with Crippen molar-refractivity contribution in [1.29, 1.82) is 0 Å². The molecule has 3 nitrogen and oxygen atoms in total. The predicted molar refractivity (Wildman–Crippen MR) is 41.5 cm³/mol. The smallest absolute Gasteiger partial charge is 0.282 e. The quantitative estimate of drug-likeness (QED) is 0.680. The number of aromatic nitrogens is 1. The highest BCUT2D eigenvalue weighted by Crippen LogP contribution is 1.93. The van der Waals surface area contributed by atoms with Crippen LogP contribution in [0.1, 0.15) is 5.76 Å². The average Bonchev–Trinajstić information content (AvgIpc) is 2.13. The van der Waals surface area contributed by atoms with Crippen molar-refractivity contribution in [2.75, 3.05) is 5.33 Å². The van der Waals surface area contributed by atoms with Gasteiger partial charge in [-0.2, -0.15) is 4.74 Å². The maximum absolute atomic E-state index is 10.9. The van der Waals surface area contributed by atoms with Crippen molar-refractivity contribution in [2.24, 2.45) is 0 Å². The van der Waals surface area contributed by atoms with E-state index in [4.69, 9.17) is 4.52 Å². The van der Waals surface area contributed by atoms with Crippen LogP contribution in [0.3, 0.4) is 0 Å². The van der Waals surface area contributed by atoms with Gasteiger partial charge in [0.15, 0.2) is 0 Å². The molecule has 10 heavy (non-hydrogen) atoms. The van der Waals surface area contributed by atoms with Crippen LogP contribution in [-0.4, -0.2) is 10.1 Å². The second kappa shape index (κ2) is 3.05. The highest BCUT2D eigenvalue weighted by molar-refractivity contribution is 9.09. The monoisotopic (exact) mass is 205 g/mol. The van der Waals surface area contributed by atoms with Crippen LogP contribution in [0.4, 0.5) is 0 Å². The molecule has 1 aromatic heterocycles. The molecule has 0 unspecified atom stereocenters. The SMILES string of the molecule is Cc1cc(=O)n(CCBr)o1. The standard InChI is InChI=1S/C6H8BrNO2/c1-5-4-6(9)8(10-5)3-2-7/h4H,2-3H2,1H3. The normalized spacial score (nSPS) is 10.2. The van der Waals surface area contributed by atoms with Crippen molar-refractivity contribution in [3.05, 3.63) is 22.2 Å². The van der Waals surface area contributed by atoms with Crippen molar-refractivity contribution in [2.45, 2.75) is 13.5 Å². The van der Waals surface area contributed by atoms with Crippen molar-refractivity contribution >= 4 is 15.9 Å². The van der Waals surface area contributed by atoms with Crippen LogP contribution in [-0.2, 0) is 6.54 Å². The Hall–Kier alpha value is -0.510. The van der Waals surface area contributed by atoms with Crippen LogP contribution < -0.4 is 5.56 Å². The molecule has 0 fully saturated rings. The lowest BCUT2D eigenvalue weighted by molar-refractivity contribution is 0.259. The first kappa shape index (κ1) is 7.60. The molecule has 0 bridgehead atoms. The van der Waals surface area contributed by atoms with Gasteiger partial charge < -0.3 is 4.52 Å². The van der Waals surface area contributed by atoms with E-state index >= 15 is 0 Å². The van der Waals surface area contributed by atoms with Gasteiger partial charge in [-0.1, -0.05) is 15.9 Å². The van der Waals surface area contributed by atoms with E-state index < -0.39 is 0 Å². The Labute approximate surface area is 66.7 Å². The van der Waals surface area contributed by atoms with Crippen LogP contribution in [0, 0.1) is 6.92 Å². The number of halogens is 1. The summed E-state index contributed by atoms with van der Waals surface area (Å²) < 4.78 is 6.35. The lowest BCUT2D eigenvalue weighted by Crippen LogP contribution is -2.13. The highest BCUT2D eigenvalue weighted by atomic mass is 79.9. The summed E-state index contributed by atoms with van der Waals surface area (Å²) in [6, 6.07) is 1.47. The zero-order valence-electron chi connectivity index (χ0n) is 5.63. The zero-order valence-corrected chi connectivity index (χ0v) is 7.22. The molecule has 0 amide bonds. The molecule has 1 heterocycles. The molecule has 0 saturated heterocycles. The fourth-order valence-electron chi connectivity index (χ4n) is 0.724. The first-order valence-corrected chi connectivity index (χ1v) is 4.10. The third kappa shape index (κ3) is 1.50. The largest absolute Gasteiger partial charge is 0.381 e.